The molecule has 6 nitrogen and oxygen atoms in total. The van der Waals surface area contributed by atoms with E-state index in [9.17, 15) is 14.7 Å². The monoisotopic (exact) mass is 425 g/mol. The van der Waals surface area contributed by atoms with Gasteiger partial charge in [-0.3, -0.25) is 0 Å². The highest BCUT2D eigenvalue weighted by Crippen LogP contribution is 2.36. The van der Waals surface area contributed by atoms with Gasteiger partial charge in [0.1, 0.15) is 5.60 Å². The molecule has 2 rings (SSSR count). The Bertz CT molecular complexity index is 689. The maximum Gasteiger partial charge on any atom is 0.328 e. The summed E-state index contributed by atoms with van der Waals surface area (Å²) in [5.41, 5.74) is 2.19. The molecule has 2 heterocycles. The molecule has 1 atom stereocenters. The number of hydrogen-bond acceptors (Lipinski definition) is 6. The van der Waals surface area contributed by atoms with Crippen molar-refractivity contribution >= 4 is 34.6 Å². The van der Waals surface area contributed by atoms with Crippen LogP contribution in [0.2, 0.25) is 0 Å². The second kappa shape index (κ2) is 11.8. The molecule has 0 spiro atoms. The molecule has 28 heavy (non-hydrogen) atoms. The largest absolute Gasteiger partial charge is 0.545 e. The Morgan fingerprint density at radius 2 is 1.75 bits per heavy atom. The quantitative estimate of drug-likeness (QED) is 0.590. The maximum atomic E-state index is 9.53. The lowest BCUT2D eigenvalue weighted by atomic mass is 9.92. The molecule has 0 aliphatic heterocycles. The summed E-state index contributed by atoms with van der Waals surface area (Å²) in [6.07, 6.45) is 0.942. The molecule has 0 bridgehead atoms. The molecular weight excluding hydrogens is 398 g/mol. The summed E-state index contributed by atoms with van der Waals surface area (Å²) in [6, 6.07) is 4.34. The molecule has 2 aromatic heterocycles. The highest BCUT2D eigenvalue weighted by atomic mass is 32.1. The van der Waals surface area contributed by atoms with Crippen molar-refractivity contribution < 1.29 is 29.4 Å². The van der Waals surface area contributed by atoms with E-state index >= 15 is 0 Å². The van der Waals surface area contributed by atoms with Gasteiger partial charge in [0.2, 0.25) is 0 Å². The lowest BCUT2D eigenvalue weighted by Gasteiger charge is -2.30. The van der Waals surface area contributed by atoms with Gasteiger partial charge in [-0.15, -0.1) is 0 Å². The minimum Gasteiger partial charge on any atom is -0.545 e. The number of carbonyl (C=O) groups is 2. The minimum absolute atomic E-state index is 0.324. The van der Waals surface area contributed by atoms with E-state index in [1.165, 1.54) is 16.0 Å². The van der Waals surface area contributed by atoms with Gasteiger partial charge in [0, 0.05) is 12.0 Å². The Morgan fingerprint density at radius 3 is 2.07 bits per heavy atom. The van der Waals surface area contributed by atoms with E-state index in [0.717, 1.165) is 13.2 Å². The SMILES string of the molecule is CC(COC(C)(c1ccsc1)c1ccsc1)C[NH+](C)C.O=C([O-])/C=C/C(=O)O. The van der Waals surface area contributed by atoms with Gasteiger partial charge in [-0.25, -0.2) is 4.79 Å². The van der Waals surface area contributed by atoms with Crippen LogP contribution in [0.15, 0.2) is 45.8 Å². The van der Waals surface area contributed by atoms with Crippen molar-refractivity contribution in [3.63, 3.8) is 0 Å². The fourth-order valence-electron chi connectivity index (χ4n) is 2.61. The predicted molar refractivity (Wildman–Crippen MR) is 110 cm³/mol. The van der Waals surface area contributed by atoms with Crippen molar-refractivity contribution in [2.75, 3.05) is 27.2 Å². The summed E-state index contributed by atoms with van der Waals surface area (Å²) >= 11 is 3.46. The molecule has 0 saturated carbocycles. The molecule has 0 aromatic carbocycles. The highest BCUT2D eigenvalue weighted by Gasteiger charge is 2.31. The first kappa shape index (κ1) is 24.0. The van der Waals surface area contributed by atoms with Gasteiger partial charge >= 0.3 is 5.97 Å². The summed E-state index contributed by atoms with van der Waals surface area (Å²) in [7, 11) is 4.38. The van der Waals surface area contributed by atoms with Crippen LogP contribution in [0.3, 0.4) is 0 Å². The van der Waals surface area contributed by atoms with Crippen molar-refractivity contribution in [1.29, 1.82) is 0 Å². The Hall–Kier alpha value is -2.00. The molecule has 0 saturated heterocycles. The molecular formula is C20H27NO5S2. The van der Waals surface area contributed by atoms with E-state index in [2.05, 4.69) is 61.6 Å². The number of quaternary nitrogens is 1. The number of aliphatic carboxylic acids is 2. The van der Waals surface area contributed by atoms with Crippen LogP contribution < -0.4 is 10.0 Å². The summed E-state index contributed by atoms with van der Waals surface area (Å²) in [5.74, 6) is -2.25. The van der Waals surface area contributed by atoms with Gasteiger partial charge in [0.25, 0.3) is 0 Å². The van der Waals surface area contributed by atoms with Crippen LogP contribution in [-0.2, 0) is 19.9 Å². The van der Waals surface area contributed by atoms with Crippen LogP contribution in [0.25, 0.3) is 0 Å². The van der Waals surface area contributed by atoms with Gasteiger partial charge < -0.3 is 24.6 Å². The highest BCUT2D eigenvalue weighted by molar-refractivity contribution is 7.08. The molecule has 0 aliphatic carbocycles. The lowest BCUT2D eigenvalue weighted by Crippen LogP contribution is -3.06. The van der Waals surface area contributed by atoms with E-state index < -0.39 is 11.9 Å². The zero-order valence-electron chi connectivity index (χ0n) is 16.5. The van der Waals surface area contributed by atoms with E-state index in [1.807, 2.05) is 0 Å². The van der Waals surface area contributed by atoms with Crippen LogP contribution >= 0.6 is 22.7 Å². The van der Waals surface area contributed by atoms with E-state index in [1.54, 1.807) is 22.7 Å². The first-order chi connectivity index (χ1) is 13.1. The Labute approximate surface area is 173 Å². The maximum absolute atomic E-state index is 9.53. The standard InChI is InChI=1S/C16H23NOS2.C4H4O4/c1-13(9-17(3)4)10-18-16(2,14-5-7-19-11-14)15-6-8-20-12-15;5-3(6)1-2-4(7)8/h5-8,11-13H,9-10H2,1-4H3;1-2H,(H,5,6)(H,7,8)/b;2-1+. The average Bonchev–Trinajstić information content (AvgIpc) is 3.31. The van der Waals surface area contributed by atoms with Crippen LogP contribution in [0, 0.1) is 5.92 Å². The molecule has 0 fully saturated rings. The fraction of sp³-hybridized carbons (Fsp3) is 0.400. The zero-order chi connectivity index (χ0) is 21.2. The number of thiophene rings is 2. The van der Waals surface area contributed by atoms with Crippen molar-refractivity contribution in [3.8, 4) is 0 Å². The topological polar surface area (TPSA) is 91.1 Å². The summed E-state index contributed by atoms with van der Waals surface area (Å²) in [6.45, 7) is 6.36. The van der Waals surface area contributed by atoms with E-state index in [0.29, 0.717) is 18.1 Å². The third-order valence-electron chi connectivity index (χ3n) is 3.92. The molecule has 2 aromatic rings. The number of nitrogens with one attached hydrogen (secondary N) is 1. The molecule has 1 unspecified atom stereocenters. The van der Waals surface area contributed by atoms with Crippen molar-refractivity contribution in [3.05, 3.63) is 56.9 Å². The van der Waals surface area contributed by atoms with Gasteiger partial charge in [-0.05, 0) is 57.8 Å². The molecule has 154 valence electrons. The number of ether oxygens (including phenoxy) is 1. The summed E-state index contributed by atoms with van der Waals surface area (Å²) < 4.78 is 6.38. The molecule has 8 heteroatoms. The first-order valence-corrected chi connectivity index (χ1v) is 10.6. The molecule has 2 N–H and O–H groups in total. The Balaban J connectivity index is 0.000000416. The Morgan fingerprint density at radius 1 is 1.21 bits per heavy atom. The number of carboxylic acid groups (broad SMARTS) is 2. The van der Waals surface area contributed by atoms with Gasteiger partial charge in [-0.2, -0.15) is 22.7 Å². The molecule has 0 radical (unpaired) electrons. The van der Waals surface area contributed by atoms with Crippen molar-refractivity contribution in [1.82, 2.24) is 0 Å². The second-order valence-corrected chi connectivity index (χ2v) is 8.44. The number of carbonyl (C=O) groups excluding carboxylic acids is 1. The van der Waals surface area contributed by atoms with Crippen LogP contribution in [-0.4, -0.2) is 44.3 Å². The normalized spacial score (nSPS) is 12.6. The van der Waals surface area contributed by atoms with Crippen LogP contribution in [0.5, 0.6) is 0 Å². The zero-order valence-corrected chi connectivity index (χ0v) is 18.1. The van der Waals surface area contributed by atoms with Crippen LogP contribution in [0.1, 0.15) is 25.0 Å². The van der Waals surface area contributed by atoms with Gasteiger partial charge in [0.15, 0.2) is 0 Å². The second-order valence-electron chi connectivity index (χ2n) is 6.88. The van der Waals surface area contributed by atoms with Crippen molar-refractivity contribution in [2.24, 2.45) is 5.92 Å². The third-order valence-corrected chi connectivity index (χ3v) is 5.29. The molecule has 0 amide bonds. The summed E-state index contributed by atoms with van der Waals surface area (Å²) in [5, 5.41) is 25.9. The lowest BCUT2D eigenvalue weighted by molar-refractivity contribution is -0.861. The first-order valence-electron chi connectivity index (χ1n) is 8.75. The smallest absolute Gasteiger partial charge is 0.328 e. The number of rotatable bonds is 9. The van der Waals surface area contributed by atoms with Gasteiger partial charge in [0.05, 0.1) is 33.2 Å². The van der Waals surface area contributed by atoms with Gasteiger partial charge in [-0.1, -0.05) is 6.92 Å². The summed E-state index contributed by atoms with van der Waals surface area (Å²) in [4.78, 5) is 20.4. The van der Waals surface area contributed by atoms with Crippen molar-refractivity contribution in [2.45, 2.75) is 19.4 Å². The van der Waals surface area contributed by atoms with Crippen LogP contribution in [0.4, 0.5) is 0 Å². The molecule has 0 aliphatic rings. The van der Waals surface area contributed by atoms with E-state index in [4.69, 9.17) is 9.84 Å². The number of hydrogen-bond donors (Lipinski definition) is 2. The number of carboxylic acids is 2. The minimum atomic E-state index is -1.51. The Kier molecular flexibility index (Phi) is 10.1. The van der Waals surface area contributed by atoms with E-state index in [-0.39, 0.29) is 5.60 Å². The third kappa shape index (κ3) is 8.35. The predicted octanol–water partition coefficient (Wildman–Crippen LogP) is 1.25. The average molecular weight is 426 g/mol. The fourth-order valence-corrected chi connectivity index (χ4v) is 4.12.